The van der Waals surface area contributed by atoms with Crippen molar-refractivity contribution in [2.75, 3.05) is 23.1 Å². The molecule has 5 nitrogen and oxygen atoms in total. The van der Waals surface area contributed by atoms with Crippen LogP contribution in [0.4, 0.5) is 11.4 Å². The first-order chi connectivity index (χ1) is 14.2. The van der Waals surface area contributed by atoms with E-state index in [2.05, 4.69) is 12.2 Å². The second kappa shape index (κ2) is 10.3. The van der Waals surface area contributed by atoms with Gasteiger partial charge in [0.15, 0.2) is 0 Å². The van der Waals surface area contributed by atoms with E-state index in [0.29, 0.717) is 17.9 Å². The van der Waals surface area contributed by atoms with Gasteiger partial charge < -0.3 is 10.1 Å². The standard InChI is InChI=1S/C23H28N2O3S/c1-3-4-5-6-15-21(26)24-18-12-8-7-11-17(18)23-25(22(27)16-29-23)19-13-9-10-14-20(19)28-2/h7-14,23H,3-6,15-16H2,1-2H3,(H,24,26)/t23-/m0/s1. The van der Waals surface area contributed by atoms with E-state index in [9.17, 15) is 9.59 Å². The molecule has 1 heterocycles. The van der Waals surface area contributed by atoms with E-state index in [1.54, 1.807) is 23.8 Å². The van der Waals surface area contributed by atoms with Gasteiger partial charge in [-0.05, 0) is 24.6 Å². The molecule has 3 rings (SSSR count). The van der Waals surface area contributed by atoms with Crippen LogP contribution in [0.5, 0.6) is 5.75 Å². The Morgan fingerprint density at radius 2 is 1.90 bits per heavy atom. The zero-order chi connectivity index (χ0) is 20.6. The Morgan fingerprint density at radius 1 is 1.14 bits per heavy atom. The monoisotopic (exact) mass is 412 g/mol. The molecule has 1 atom stereocenters. The second-order valence-corrected chi connectivity index (χ2v) is 8.11. The Kier molecular flexibility index (Phi) is 7.58. The van der Waals surface area contributed by atoms with Crippen LogP contribution in [-0.2, 0) is 9.59 Å². The molecular formula is C23H28N2O3S. The zero-order valence-electron chi connectivity index (χ0n) is 17.0. The van der Waals surface area contributed by atoms with Gasteiger partial charge in [0, 0.05) is 17.7 Å². The quantitative estimate of drug-likeness (QED) is 0.562. The lowest BCUT2D eigenvalue weighted by Crippen LogP contribution is -2.29. The number of hydrogen-bond donors (Lipinski definition) is 1. The normalized spacial score (nSPS) is 16.1. The predicted molar refractivity (Wildman–Crippen MR) is 120 cm³/mol. The highest BCUT2D eigenvalue weighted by Gasteiger charge is 2.36. The number of carbonyl (C=O) groups excluding carboxylic acids is 2. The number of benzene rings is 2. The molecule has 29 heavy (non-hydrogen) atoms. The van der Waals surface area contributed by atoms with Crippen molar-refractivity contribution < 1.29 is 14.3 Å². The second-order valence-electron chi connectivity index (χ2n) is 7.05. The summed E-state index contributed by atoms with van der Waals surface area (Å²) in [5, 5.41) is 2.85. The molecule has 2 aromatic rings. The summed E-state index contributed by atoms with van der Waals surface area (Å²) >= 11 is 1.56. The van der Waals surface area contributed by atoms with Gasteiger partial charge in [-0.1, -0.05) is 56.5 Å². The lowest BCUT2D eigenvalue weighted by Gasteiger charge is -2.27. The maximum absolute atomic E-state index is 12.7. The van der Waals surface area contributed by atoms with Gasteiger partial charge in [-0.15, -0.1) is 11.8 Å². The number of ether oxygens (including phenoxy) is 1. The molecule has 0 radical (unpaired) electrons. The van der Waals surface area contributed by atoms with E-state index in [-0.39, 0.29) is 17.2 Å². The van der Waals surface area contributed by atoms with Crippen molar-refractivity contribution in [3.8, 4) is 5.75 Å². The Hall–Kier alpha value is -2.47. The number of nitrogens with zero attached hydrogens (tertiary/aromatic N) is 1. The number of carbonyl (C=O) groups is 2. The molecule has 1 fully saturated rings. The molecule has 2 amide bonds. The van der Waals surface area contributed by atoms with Crippen molar-refractivity contribution in [2.24, 2.45) is 0 Å². The minimum Gasteiger partial charge on any atom is -0.495 e. The van der Waals surface area contributed by atoms with Crippen LogP contribution in [0.15, 0.2) is 48.5 Å². The fraction of sp³-hybridized carbons (Fsp3) is 0.391. The highest BCUT2D eigenvalue weighted by atomic mass is 32.2. The number of amides is 2. The fourth-order valence-corrected chi connectivity index (χ4v) is 4.70. The molecule has 1 saturated heterocycles. The minimum atomic E-state index is -0.213. The van der Waals surface area contributed by atoms with Gasteiger partial charge in [0.1, 0.15) is 11.1 Å². The number of hydrogen-bond acceptors (Lipinski definition) is 4. The number of rotatable bonds is 9. The summed E-state index contributed by atoms with van der Waals surface area (Å²) in [6, 6.07) is 15.3. The van der Waals surface area contributed by atoms with E-state index >= 15 is 0 Å². The van der Waals surface area contributed by atoms with Gasteiger partial charge in [0.05, 0.1) is 18.6 Å². The summed E-state index contributed by atoms with van der Waals surface area (Å²) in [7, 11) is 1.61. The van der Waals surface area contributed by atoms with Gasteiger partial charge in [0.2, 0.25) is 11.8 Å². The summed E-state index contributed by atoms with van der Waals surface area (Å²) in [5.74, 6) is 1.10. The maximum Gasteiger partial charge on any atom is 0.238 e. The van der Waals surface area contributed by atoms with Crippen LogP contribution in [0.3, 0.4) is 0 Å². The molecule has 0 spiro atoms. The van der Waals surface area contributed by atoms with Gasteiger partial charge in [-0.3, -0.25) is 14.5 Å². The van der Waals surface area contributed by atoms with Gasteiger partial charge in [-0.25, -0.2) is 0 Å². The predicted octanol–water partition coefficient (Wildman–Crippen LogP) is 5.38. The number of thioether (sulfide) groups is 1. The fourth-order valence-electron chi connectivity index (χ4n) is 3.49. The molecule has 0 aromatic heterocycles. The molecule has 0 bridgehead atoms. The lowest BCUT2D eigenvalue weighted by molar-refractivity contribution is -0.116. The molecule has 0 aliphatic carbocycles. The molecule has 2 aromatic carbocycles. The van der Waals surface area contributed by atoms with Crippen LogP contribution in [0.25, 0.3) is 0 Å². The Bertz CT molecular complexity index is 856. The minimum absolute atomic E-state index is 0.0201. The van der Waals surface area contributed by atoms with Crippen LogP contribution < -0.4 is 15.0 Å². The molecular weight excluding hydrogens is 384 g/mol. The van der Waals surface area contributed by atoms with E-state index < -0.39 is 0 Å². The number of para-hydroxylation sites is 3. The lowest BCUT2D eigenvalue weighted by atomic mass is 10.1. The van der Waals surface area contributed by atoms with Crippen LogP contribution in [0.1, 0.15) is 50.0 Å². The summed E-state index contributed by atoms with van der Waals surface area (Å²) in [6.07, 6.45) is 4.78. The molecule has 1 aliphatic heterocycles. The van der Waals surface area contributed by atoms with Crippen molar-refractivity contribution in [3.63, 3.8) is 0 Å². The van der Waals surface area contributed by atoms with Crippen LogP contribution in [-0.4, -0.2) is 24.7 Å². The molecule has 0 saturated carbocycles. The van der Waals surface area contributed by atoms with Crippen molar-refractivity contribution >= 4 is 35.0 Å². The molecule has 0 unspecified atom stereocenters. The number of methoxy groups -OCH3 is 1. The molecule has 1 aliphatic rings. The largest absolute Gasteiger partial charge is 0.495 e. The highest BCUT2D eigenvalue weighted by Crippen LogP contribution is 2.46. The number of unbranched alkanes of at least 4 members (excludes halogenated alkanes) is 3. The van der Waals surface area contributed by atoms with E-state index in [0.717, 1.165) is 42.6 Å². The van der Waals surface area contributed by atoms with Gasteiger partial charge in [0.25, 0.3) is 0 Å². The maximum atomic E-state index is 12.7. The Balaban J connectivity index is 1.82. The third-order valence-electron chi connectivity index (χ3n) is 4.97. The zero-order valence-corrected chi connectivity index (χ0v) is 17.8. The molecule has 6 heteroatoms. The summed E-state index contributed by atoms with van der Waals surface area (Å²) in [6.45, 7) is 2.16. The Morgan fingerprint density at radius 3 is 2.69 bits per heavy atom. The van der Waals surface area contributed by atoms with Gasteiger partial charge >= 0.3 is 0 Å². The topological polar surface area (TPSA) is 58.6 Å². The van der Waals surface area contributed by atoms with Crippen molar-refractivity contribution in [1.82, 2.24) is 0 Å². The number of nitrogens with one attached hydrogen (secondary N) is 1. The third-order valence-corrected chi connectivity index (χ3v) is 6.17. The Labute approximate surface area is 176 Å². The summed E-state index contributed by atoms with van der Waals surface area (Å²) in [5.41, 5.74) is 2.44. The van der Waals surface area contributed by atoms with Crippen LogP contribution in [0, 0.1) is 0 Å². The third kappa shape index (κ3) is 5.12. The molecule has 1 N–H and O–H groups in total. The summed E-state index contributed by atoms with van der Waals surface area (Å²) in [4.78, 5) is 26.9. The van der Waals surface area contributed by atoms with Crippen molar-refractivity contribution in [1.29, 1.82) is 0 Å². The molecule has 154 valence electrons. The van der Waals surface area contributed by atoms with Crippen LogP contribution in [0.2, 0.25) is 0 Å². The first kappa shape index (κ1) is 21.2. The number of anilines is 2. The van der Waals surface area contributed by atoms with Crippen LogP contribution >= 0.6 is 11.8 Å². The SMILES string of the molecule is CCCCCCC(=O)Nc1ccccc1[C@@H]1SCC(=O)N1c1ccccc1OC. The highest BCUT2D eigenvalue weighted by molar-refractivity contribution is 8.00. The smallest absolute Gasteiger partial charge is 0.238 e. The first-order valence-electron chi connectivity index (χ1n) is 10.1. The van der Waals surface area contributed by atoms with Gasteiger partial charge in [-0.2, -0.15) is 0 Å². The average Bonchev–Trinajstić information content (AvgIpc) is 3.12. The average molecular weight is 413 g/mol. The first-order valence-corrected chi connectivity index (χ1v) is 11.2. The summed E-state index contributed by atoms with van der Waals surface area (Å²) < 4.78 is 5.48. The van der Waals surface area contributed by atoms with E-state index in [4.69, 9.17) is 4.74 Å². The van der Waals surface area contributed by atoms with E-state index in [1.165, 1.54) is 0 Å². The van der Waals surface area contributed by atoms with E-state index in [1.807, 2.05) is 48.5 Å². The van der Waals surface area contributed by atoms with Crippen molar-refractivity contribution in [3.05, 3.63) is 54.1 Å². The van der Waals surface area contributed by atoms with Crippen molar-refractivity contribution in [2.45, 2.75) is 44.4 Å².